The smallest absolute Gasteiger partial charge is 0.426 e. The minimum Gasteiger partial charge on any atom is -0.426 e. The molecule has 0 spiro atoms. The SMILES string of the molecule is CCCCCCCCCCCCCCCCCCCCCCOC[C@H](COC(c1ccccc1)(c1ccccc1)c1ccccc1)OC(=O)Oc1ccc([N+](=O)[O-])cc1. The van der Waals surface area contributed by atoms with E-state index in [1.54, 1.807) is 0 Å². The van der Waals surface area contributed by atoms with Gasteiger partial charge in [-0.15, -0.1) is 0 Å². The fraction of sp³-hybridized carbons (Fsp3) is 0.510. The Labute approximate surface area is 354 Å². The highest BCUT2D eigenvalue weighted by molar-refractivity contribution is 5.64. The number of non-ortho nitro benzene ring substituents is 1. The predicted octanol–water partition coefficient (Wildman–Crippen LogP) is 14.3. The molecule has 0 aliphatic heterocycles. The maximum atomic E-state index is 13.1. The Morgan fingerprint density at radius 2 is 0.932 bits per heavy atom. The molecule has 0 unspecified atom stereocenters. The van der Waals surface area contributed by atoms with Gasteiger partial charge in [-0.1, -0.05) is 220 Å². The van der Waals surface area contributed by atoms with E-state index < -0.39 is 22.8 Å². The second kappa shape index (κ2) is 28.8. The number of benzene rings is 4. The summed E-state index contributed by atoms with van der Waals surface area (Å²) < 4.78 is 24.3. The molecule has 320 valence electrons. The van der Waals surface area contributed by atoms with E-state index in [4.69, 9.17) is 18.9 Å². The summed E-state index contributed by atoms with van der Waals surface area (Å²) in [6, 6.07) is 35.3. The number of unbranched alkanes of at least 4 members (excludes halogenated alkanes) is 19. The third-order valence-corrected chi connectivity index (χ3v) is 11.0. The highest BCUT2D eigenvalue weighted by Gasteiger charge is 2.38. The third kappa shape index (κ3) is 17.7. The van der Waals surface area contributed by atoms with Crippen molar-refractivity contribution in [3.05, 3.63) is 142 Å². The molecule has 0 amide bonds. The van der Waals surface area contributed by atoms with Crippen LogP contribution in [0.3, 0.4) is 0 Å². The molecule has 8 heteroatoms. The Balaban J connectivity index is 1.22. The predicted molar refractivity (Wildman–Crippen MR) is 238 cm³/mol. The normalized spacial score (nSPS) is 11.9. The molecule has 0 N–H and O–H groups in total. The van der Waals surface area contributed by atoms with Crippen LogP contribution in [0.5, 0.6) is 5.75 Å². The van der Waals surface area contributed by atoms with Gasteiger partial charge in [0.25, 0.3) is 5.69 Å². The summed E-state index contributed by atoms with van der Waals surface area (Å²) in [4.78, 5) is 23.7. The molecule has 59 heavy (non-hydrogen) atoms. The van der Waals surface area contributed by atoms with Crippen molar-refractivity contribution in [3.8, 4) is 5.75 Å². The van der Waals surface area contributed by atoms with Crippen LogP contribution in [0.2, 0.25) is 0 Å². The average molecular weight is 808 g/mol. The monoisotopic (exact) mass is 808 g/mol. The fourth-order valence-corrected chi connectivity index (χ4v) is 7.67. The van der Waals surface area contributed by atoms with Crippen molar-refractivity contribution >= 4 is 11.8 Å². The highest BCUT2D eigenvalue weighted by Crippen LogP contribution is 2.40. The lowest BCUT2D eigenvalue weighted by Crippen LogP contribution is -2.38. The van der Waals surface area contributed by atoms with Gasteiger partial charge in [0.05, 0.1) is 18.1 Å². The first kappa shape index (κ1) is 47.2. The molecule has 0 bridgehead atoms. The largest absolute Gasteiger partial charge is 0.514 e. The van der Waals surface area contributed by atoms with Gasteiger partial charge in [0, 0.05) is 18.7 Å². The molecule has 0 aliphatic rings. The van der Waals surface area contributed by atoms with Gasteiger partial charge in [-0.2, -0.15) is 0 Å². The van der Waals surface area contributed by atoms with Crippen molar-refractivity contribution in [2.75, 3.05) is 19.8 Å². The first-order valence-corrected chi connectivity index (χ1v) is 22.5. The molecular formula is C51H69NO7. The van der Waals surface area contributed by atoms with Crippen molar-refractivity contribution in [1.82, 2.24) is 0 Å². The summed E-state index contributed by atoms with van der Waals surface area (Å²) in [5, 5.41) is 11.1. The average Bonchev–Trinajstić information content (AvgIpc) is 3.26. The van der Waals surface area contributed by atoms with E-state index in [1.165, 1.54) is 140 Å². The Hall–Kier alpha value is -4.53. The molecule has 8 nitrogen and oxygen atoms in total. The number of ether oxygens (including phenoxy) is 4. The van der Waals surface area contributed by atoms with Crippen molar-refractivity contribution < 1.29 is 28.7 Å². The molecule has 4 aromatic carbocycles. The van der Waals surface area contributed by atoms with Crippen LogP contribution >= 0.6 is 0 Å². The van der Waals surface area contributed by atoms with E-state index in [0.29, 0.717) is 6.61 Å². The zero-order chi connectivity index (χ0) is 41.6. The number of nitro groups is 1. The van der Waals surface area contributed by atoms with Gasteiger partial charge < -0.3 is 18.9 Å². The molecule has 0 heterocycles. The van der Waals surface area contributed by atoms with Gasteiger partial charge >= 0.3 is 6.16 Å². The molecule has 0 aliphatic carbocycles. The van der Waals surface area contributed by atoms with E-state index in [2.05, 4.69) is 6.92 Å². The summed E-state index contributed by atoms with van der Waals surface area (Å²) in [5.41, 5.74) is 1.66. The van der Waals surface area contributed by atoms with Crippen molar-refractivity contribution in [1.29, 1.82) is 0 Å². The minimum absolute atomic E-state index is 0.00724. The lowest BCUT2D eigenvalue weighted by atomic mass is 9.80. The number of carbonyl (C=O) groups is 1. The summed E-state index contributed by atoms with van der Waals surface area (Å²) in [6.45, 7) is 2.94. The molecule has 0 aromatic heterocycles. The molecule has 4 aromatic rings. The Kier molecular flexibility index (Phi) is 23.0. The standard InChI is InChI=1S/C51H69NO7/c1-2-3-4-5-6-7-8-9-10-11-12-13-14-15-16-17-18-19-20-30-41-56-42-49(59-50(53)58-48-39-37-47(38-40-48)52(54)55)43-57-51(44-31-24-21-25-32-44,45-33-26-22-27-34-45)46-35-28-23-29-36-46/h21-29,31-40,49H,2-20,30,41-43H2,1H3/t49-/m1/s1. The number of hydrogen-bond donors (Lipinski definition) is 0. The van der Waals surface area contributed by atoms with Crippen LogP contribution in [0.25, 0.3) is 0 Å². The summed E-state index contributed by atoms with van der Waals surface area (Å²) in [5.74, 6) is 0.137. The number of rotatable bonds is 32. The highest BCUT2D eigenvalue weighted by atomic mass is 16.7. The molecule has 0 fully saturated rings. The second-order valence-electron chi connectivity index (χ2n) is 15.7. The van der Waals surface area contributed by atoms with Crippen LogP contribution in [0.4, 0.5) is 10.5 Å². The Bertz CT molecular complexity index is 1570. The molecule has 0 saturated heterocycles. The van der Waals surface area contributed by atoms with Crippen LogP contribution in [0, 0.1) is 10.1 Å². The number of nitrogens with zero attached hydrogens (tertiary/aromatic N) is 1. The number of nitro benzene ring substituents is 1. The summed E-state index contributed by atoms with van der Waals surface area (Å²) in [6.07, 6.45) is 24.9. The lowest BCUT2D eigenvalue weighted by Gasteiger charge is -2.37. The maximum Gasteiger partial charge on any atom is 0.514 e. The minimum atomic E-state index is -1.01. The second-order valence-corrected chi connectivity index (χ2v) is 15.7. The van der Waals surface area contributed by atoms with E-state index >= 15 is 0 Å². The van der Waals surface area contributed by atoms with Gasteiger partial charge in [0.1, 0.15) is 11.4 Å². The van der Waals surface area contributed by atoms with Crippen molar-refractivity contribution in [2.45, 2.75) is 147 Å². The summed E-state index contributed by atoms with van der Waals surface area (Å²) >= 11 is 0. The molecule has 4 rings (SSSR count). The first-order chi connectivity index (χ1) is 29.0. The van der Waals surface area contributed by atoms with Gasteiger partial charge in [0.2, 0.25) is 0 Å². The molecule has 0 saturated carbocycles. The number of carbonyl (C=O) groups excluding carboxylic acids is 1. The Morgan fingerprint density at radius 1 is 0.542 bits per heavy atom. The van der Waals surface area contributed by atoms with Crippen LogP contribution < -0.4 is 4.74 Å². The van der Waals surface area contributed by atoms with Crippen LogP contribution in [-0.4, -0.2) is 37.0 Å². The quantitative estimate of drug-likeness (QED) is 0.0121. The van der Waals surface area contributed by atoms with Crippen LogP contribution in [-0.2, 0) is 19.8 Å². The fourth-order valence-electron chi connectivity index (χ4n) is 7.67. The van der Waals surface area contributed by atoms with E-state index in [1.807, 2.05) is 91.0 Å². The zero-order valence-electron chi connectivity index (χ0n) is 35.6. The van der Waals surface area contributed by atoms with Gasteiger partial charge in [0.15, 0.2) is 6.10 Å². The first-order valence-electron chi connectivity index (χ1n) is 22.5. The van der Waals surface area contributed by atoms with Gasteiger partial charge in [-0.25, -0.2) is 4.79 Å². The van der Waals surface area contributed by atoms with Crippen LogP contribution in [0.15, 0.2) is 115 Å². The van der Waals surface area contributed by atoms with E-state index in [0.717, 1.165) is 29.5 Å². The van der Waals surface area contributed by atoms with Crippen LogP contribution in [0.1, 0.15) is 152 Å². The van der Waals surface area contributed by atoms with Crippen molar-refractivity contribution in [3.63, 3.8) is 0 Å². The lowest BCUT2D eigenvalue weighted by molar-refractivity contribution is -0.384. The van der Waals surface area contributed by atoms with Crippen molar-refractivity contribution in [2.24, 2.45) is 0 Å². The molecule has 1 atom stereocenters. The third-order valence-electron chi connectivity index (χ3n) is 11.0. The van der Waals surface area contributed by atoms with E-state index in [-0.39, 0.29) is 24.7 Å². The Morgan fingerprint density at radius 3 is 1.32 bits per heavy atom. The molecular weight excluding hydrogens is 739 g/mol. The van der Waals surface area contributed by atoms with E-state index in [9.17, 15) is 14.9 Å². The zero-order valence-corrected chi connectivity index (χ0v) is 35.6. The maximum absolute atomic E-state index is 13.1. The van der Waals surface area contributed by atoms with Gasteiger partial charge in [-0.05, 0) is 35.2 Å². The molecule has 0 radical (unpaired) electrons. The van der Waals surface area contributed by atoms with Gasteiger partial charge in [-0.3, -0.25) is 10.1 Å². The summed E-state index contributed by atoms with van der Waals surface area (Å²) in [7, 11) is 0. The topological polar surface area (TPSA) is 97.1 Å². The number of hydrogen-bond acceptors (Lipinski definition) is 7.